The minimum atomic E-state index is -1.26. The van der Waals surface area contributed by atoms with Crippen molar-refractivity contribution in [1.29, 1.82) is 0 Å². The van der Waals surface area contributed by atoms with Crippen LogP contribution >= 0.6 is 0 Å². The predicted molar refractivity (Wildman–Crippen MR) is 87.7 cm³/mol. The number of carboxylic acids is 2. The molecule has 3 heterocycles. The summed E-state index contributed by atoms with van der Waals surface area (Å²) in [5.74, 6) is -1.19. The Morgan fingerprint density at radius 3 is 2.25 bits per heavy atom. The standard InChI is InChI=1S/C11H17N5.C4H4O4/c12-11-13-4-3-10(14-11)16-7-9(8-16)15-5-1-2-6-15;5-3(6)1-2-4(7)8/h3-4,9H,1-2,5-8H2,(H2,12,13,14);1-2H,(H,5,6)(H,7,8)/b;2-1+. The highest BCUT2D eigenvalue weighted by atomic mass is 16.4. The molecule has 3 rings (SSSR count). The molecule has 0 aromatic carbocycles. The van der Waals surface area contributed by atoms with E-state index < -0.39 is 11.9 Å². The highest BCUT2D eigenvalue weighted by Gasteiger charge is 2.33. The number of rotatable bonds is 4. The van der Waals surface area contributed by atoms with E-state index >= 15 is 0 Å². The fraction of sp³-hybridized carbons (Fsp3) is 0.467. The molecular weight excluding hydrogens is 314 g/mol. The highest BCUT2D eigenvalue weighted by molar-refractivity contribution is 5.89. The van der Waals surface area contributed by atoms with Gasteiger partial charge in [0.1, 0.15) is 5.82 Å². The molecule has 2 aliphatic rings. The monoisotopic (exact) mass is 335 g/mol. The van der Waals surface area contributed by atoms with Gasteiger partial charge in [-0.1, -0.05) is 0 Å². The van der Waals surface area contributed by atoms with Crippen LogP contribution in [0.5, 0.6) is 0 Å². The molecule has 0 saturated carbocycles. The van der Waals surface area contributed by atoms with E-state index in [9.17, 15) is 9.59 Å². The number of hydrogen-bond acceptors (Lipinski definition) is 7. The second kappa shape index (κ2) is 8.25. The van der Waals surface area contributed by atoms with Gasteiger partial charge in [-0.25, -0.2) is 14.6 Å². The minimum Gasteiger partial charge on any atom is -0.478 e. The molecule has 1 aromatic heterocycles. The first-order valence-electron chi connectivity index (χ1n) is 7.67. The molecule has 0 aliphatic carbocycles. The normalized spacial score (nSPS) is 18.1. The number of carbonyl (C=O) groups is 2. The summed E-state index contributed by atoms with van der Waals surface area (Å²) in [4.78, 5) is 32.1. The summed E-state index contributed by atoms with van der Waals surface area (Å²) in [6, 6.07) is 2.65. The second-order valence-corrected chi connectivity index (χ2v) is 5.58. The Kier molecular flexibility index (Phi) is 6.07. The van der Waals surface area contributed by atoms with Crippen molar-refractivity contribution in [3.63, 3.8) is 0 Å². The van der Waals surface area contributed by atoms with Crippen molar-refractivity contribution in [2.45, 2.75) is 18.9 Å². The third kappa shape index (κ3) is 5.20. The Labute approximate surface area is 139 Å². The lowest BCUT2D eigenvalue weighted by molar-refractivity contribution is -0.134. The van der Waals surface area contributed by atoms with E-state index in [2.05, 4.69) is 19.8 Å². The van der Waals surface area contributed by atoms with E-state index in [-0.39, 0.29) is 0 Å². The van der Waals surface area contributed by atoms with E-state index in [4.69, 9.17) is 15.9 Å². The summed E-state index contributed by atoms with van der Waals surface area (Å²) in [6.45, 7) is 4.70. The van der Waals surface area contributed by atoms with Crippen molar-refractivity contribution >= 4 is 23.7 Å². The lowest BCUT2D eigenvalue weighted by Gasteiger charge is -2.44. The van der Waals surface area contributed by atoms with Crippen LogP contribution in [-0.4, -0.2) is 69.2 Å². The van der Waals surface area contributed by atoms with Crippen molar-refractivity contribution in [3.8, 4) is 0 Å². The van der Waals surface area contributed by atoms with E-state index in [1.807, 2.05) is 6.07 Å². The lowest BCUT2D eigenvalue weighted by atomic mass is 10.1. The molecule has 0 radical (unpaired) electrons. The summed E-state index contributed by atoms with van der Waals surface area (Å²) in [5.41, 5.74) is 5.57. The zero-order valence-corrected chi connectivity index (χ0v) is 13.2. The Bertz CT molecular complexity index is 594. The predicted octanol–water partition coefficient (Wildman–Crippen LogP) is 0.0550. The number of hydrogen-bond donors (Lipinski definition) is 3. The molecule has 0 atom stereocenters. The van der Waals surface area contributed by atoms with Gasteiger partial charge in [-0.3, -0.25) is 4.90 Å². The Hall–Kier alpha value is -2.68. The molecule has 0 spiro atoms. The van der Waals surface area contributed by atoms with Crippen LogP contribution < -0.4 is 10.6 Å². The van der Waals surface area contributed by atoms with Crippen LogP contribution in [0.2, 0.25) is 0 Å². The average molecular weight is 335 g/mol. The number of nitrogen functional groups attached to an aromatic ring is 1. The van der Waals surface area contributed by atoms with Crippen molar-refractivity contribution in [2.75, 3.05) is 36.8 Å². The summed E-state index contributed by atoms with van der Waals surface area (Å²) in [7, 11) is 0. The number of nitrogens with zero attached hydrogens (tertiary/aromatic N) is 4. The van der Waals surface area contributed by atoms with Gasteiger partial charge in [-0.05, 0) is 32.0 Å². The van der Waals surface area contributed by atoms with Gasteiger partial charge in [0.2, 0.25) is 5.95 Å². The largest absolute Gasteiger partial charge is 0.478 e. The summed E-state index contributed by atoms with van der Waals surface area (Å²) >= 11 is 0. The molecule has 9 nitrogen and oxygen atoms in total. The first-order valence-corrected chi connectivity index (χ1v) is 7.67. The maximum atomic E-state index is 9.55. The summed E-state index contributed by atoms with van der Waals surface area (Å²) in [6.07, 6.45) is 5.55. The number of aromatic nitrogens is 2. The van der Waals surface area contributed by atoms with Gasteiger partial charge in [-0.15, -0.1) is 0 Å². The molecule has 2 aliphatic heterocycles. The lowest BCUT2D eigenvalue weighted by Crippen LogP contribution is -2.59. The smallest absolute Gasteiger partial charge is 0.328 e. The molecule has 9 heteroatoms. The van der Waals surface area contributed by atoms with Crippen LogP contribution in [0.4, 0.5) is 11.8 Å². The van der Waals surface area contributed by atoms with Crippen molar-refractivity contribution < 1.29 is 19.8 Å². The molecule has 130 valence electrons. The fourth-order valence-electron chi connectivity index (χ4n) is 2.66. The summed E-state index contributed by atoms with van der Waals surface area (Å²) in [5, 5.41) is 15.6. The average Bonchev–Trinajstić information content (AvgIpc) is 2.98. The van der Waals surface area contributed by atoms with Crippen molar-refractivity contribution in [2.24, 2.45) is 0 Å². The van der Waals surface area contributed by atoms with E-state index in [1.165, 1.54) is 25.9 Å². The van der Waals surface area contributed by atoms with E-state index in [0.29, 0.717) is 18.1 Å². The van der Waals surface area contributed by atoms with E-state index in [1.54, 1.807) is 6.20 Å². The number of nitrogens with two attached hydrogens (primary N) is 1. The van der Waals surface area contributed by atoms with Gasteiger partial charge in [0.25, 0.3) is 0 Å². The van der Waals surface area contributed by atoms with Crippen LogP contribution in [0.25, 0.3) is 0 Å². The molecule has 1 aromatic rings. The molecule has 2 fully saturated rings. The number of aliphatic carboxylic acids is 2. The highest BCUT2D eigenvalue weighted by Crippen LogP contribution is 2.24. The molecule has 0 unspecified atom stereocenters. The van der Waals surface area contributed by atoms with Crippen LogP contribution in [-0.2, 0) is 9.59 Å². The Morgan fingerprint density at radius 1 is 1.17 bits per heavy atom. The topological polar surface area (TPSA) is 133 Å². The molecular formula is C15H21N5O4. The fourth-order valence-corrected chi connectivity index (χ4v) is 2.66. The van der Waals surface area contributed by atoms with Crippen LogP contribution in [0.3, 0.4) is 0 Å². The van der Waals surface area contributed by atoms with E-state index in [0.717, 1.165) is 24.9 Å². The first kappa shape index (κ1) is 17.7. The summed E-state index contributed by atoms with van der Waals surface area (Å²) < 4.78 is 0. The van der Waals surface area contributed by atoms with Crippen molar-refractivity contribution in [3.05, 3.63) is 24.4 Å². The Morgan fingerprint density at radius 2 is 1.75 bits per heavy atom. The van der Waals surface area contributed by atoms with Crippen LogP contribution in [0, 0.1) is 0 Å². The maximum absolute atomic E-state index is 9.55. The first-order chi connectivity index (χ1) is 11.5. The Balaban J connectivity index is 0.000000224. The molecule has 0 bridgehead atoms. The molecule has 0 amide bonds. The van der Waals surface area contributed by atoms with Crippen LogP contribution in [0.1, 0.15) is 12.8 Å². The second-order valence-electron chi connectivity index (χ2n) is 5.58. The molecule has 24 heavy (non-hydrogen) atoms. The SMILES string of the molecule is Nc1nccc(N2CC(N3CCCC3)C2)n1.O=C(O)/C=C/C(=O)O. The third-order valence-corrected chi connectivity index (χ3v) is 3.87. The van der Waals surface area contributed by atoms with Crippen LogP contribution in [0.15, 0.2) is 24.4 Å². The molecule has 2 saturated heterocycles. The minimum absolute atomic E-state index is 0.363. The van der Waals surface area contributed by atoms with Gasteiger partial charge in [-0.2, -0.15) is 4.98 Å². The van der Waals surface area contributed by atoms with Gasteiger partial charge in [0.15, 0.2) is 0 Å². The van der Waals surface area contributed by atoms with Gasteiger partial charge < -0.3 is 20.8 Å². The third-order valence-electron chi connectivity index (χ3n) is 3.87. The number of carboxylic acid groups (broad SMARTS) is 2. The van der Waals surface area contributed by atoms with Gasteiger partial charge in [0, 0.05) is 37.5 Å². The number of anilines is 2. The molecule has 4 N–H and O–H groups in total. The zero-order chi connectivity index (χ0) is 17.5. The zero-order valence-electron chi connectivity index (χ0n) is 13.2. The van der Waals surface area contributed by atoms with Crippen molar-refractivity contribution in [1.82, 2.24) is 14.9 Å². The van der Waals surface area contributed by atoms with Gasteiger partial charge in [0.05, 0.1) is 0 Å². The number of likely N-dealkylation sites (tertiary alicyclic amines) is 1. The van der Waals surface area contributed by atoms with Gasteiger partial charge >= 0.3 is 11.9 Å². The quantitative estimate of drug-likeness (QED) is 0.653. The maximum Gasteiger partial charge on any atom is 0.328 e.